The molecule has 2 rings (SSSR count). The van der Waals surface area contributed by atoms with Crippen LogP contribution in [0.25, 0.3) is 10.9 Å². The van der Waals surface area contributed by atoms with E-state index in [1.807, 2.05) is 0 Å². The maximum Gasteiger partial charge on any atom is 1.00 e. The molecule has 0 fully saturated rings. The number of phosphoric ester groups is 1. The molecule has 1 N–H and O–H groups in total. The number of hydrogen-bond acceptors (Lipinski definition) is 4. The summed E-state index contributed by atoms with van der Waals surface area (Å²) in [4.78, 5) is 23.3. The van der Waals surface area contributed by atoms with Crippen LogP contribution < -0.4 is 73.4 Å². The minimum atomic E-state index is -4.97. The van der Waals surface area contributed by atoms with Gasteiger partial charge in [0.15, 0.2) is 5.88 Å². The van der Waals surface area contributed by atoms with Gasteiger partial charge in [-0.25, -0.2) is 0 Å². The van der Waals surface area contributed by atoms with Crippen molar-refractivity contribution in [1.82, 2.24) is 4.98 Å². The molecule has 1 aromatic heterocycles. The minimum absolute atomic E-state index is 0. The van der Waals surface area contributed by atoms with Crippen molar-refractivity contribution in [3.63, 3.8) is 0 Å². The molecule has 0 aliphatic carbocycles. The van der Waals surface area contributed by atoms with Gasteiger partial charge in [0.2, 0.25) is 0 Å². The second-order valence-electron chi connectivity index (χ2n) is 2.76. The third kappa shape index (κ3) is 4.53. The third-order valence-corrected chi connectivity index (χ3v) is 2.14. The van der Waals surface area contributed by atoms with Crippen molar-refractivity contribution in [3.8, 4) is 5.88 Å². The molecular weight excluding hydrogens is 251 g/mol. The quantitative estimate of drug-likeness (QED) is 0.429. The topological polar surface area (TPSA) is 88.2 Å². The normalized spacial score (nSPS) is 10.4. The average Bonchev–Trinajstić information content (AvgIpc) is 2.42. The molecule has 1 aromatic carbocycles. The Labute approximate surface area is 136 Å². The fraction of sp³-hybridized carbons (Fsp3) is 0. The molecule has 74 valence electrons. The van der Waals surface area contributed by atoms with Crippen molar-refractivity contribution in [3.05, 3.63) is 30.3 Å². The maximum atomic E-state index is 10.3. The molecule has 0 amide bonds. The Balaban J connectivity index is 0.00000112. The number of rotatable bonds is 2. The predicted molar refractivity (Wildman–Crippen MR) is 46.5 cm³/mol. The van der Waals surface area contributed by atoms with E-state index in [-0.39, 0.29) is 65.0 Å². The fourth-order valence-corrected chi connectivity index (χ4v) is 1.56. The summed E-state index contributed by atoms with van der Waals surface area (Å²) in [5.74, 6) is -0.0560. The van der Waals surface area contributed by atoms with Crippen LogP contribution in [0.3, 0.4) is 0 Å². The summed E-state index contributed by atoms with van der Waals surface area (Å²) in [5.41, 5.74) is 0.718. The number of phosphoric acid groups is 1. The largest absolute Gasteiger partial charge is 1.00 e. The number of aromatic amines is 1. The zero-order valence-electron chi connectivity index (χ0n) is 8.97. The van der Waals surface area contributed by atoms with Crippen molar-refractivity contribution >= 4 is 18.7 Å². The van der Waals surface area contributed by atoms with E-state index >= 15 is 0 Å². The van der Waals surface area contributed by atoms with E-state index in [9.17, 15) is 14.4 Å². The molecule has 0 aliphatic rings. The number of fused-ring (bicyclic) bond motifs is 1. The first kappa shape index (κ1) is 16.7. The van der Waals surface area contributed by atoms with Gasteiger partial charge in [-0.2, -0.15) is 0 Å². The minimum Gasteiger partial charge on any atom is -0.780 e. The molecule has 16 heavy (non-hydrogen) atoms. The molecule has 0 spiro atoms. The molecule has 0 radical (unpaired) electrons. The Kier molecular flexibility index (Phi) is 6.88. The maximum absolute atomic E-state index is 10.3. The first-order chi connectivity index (χ1) is 6.54. The number of benzene rings is 1. The van der Waals surface area contributed by atoms with Crippen LogP contribution in [0.5, 0.6) is 5.88 Å². The van der Waals surface area contributed by atoms with Crippen LogP contribution >= 0.6 is 7.82 Å². The molecule has 0 aliphatic heterocycles. The Morgan fingerprint density at radius 3 is 2.38 bits per heavy atom. The van der Waals surface area contributed by atoms with E-state index in [2.05, 4.69) is 9.51 Å². The number of nitrogens with one attached hydrogen (secondary N) is 1. The Morgan fingerprint density at radius 2 is 1.81 bits per heavy atom. The molecule has 0 saturated carbocycles. The van der Waals surface area contributed by atoms with Crippen LogP contribution in [-0.4, -0.2) is 4.98 Å². The summed E-state index contributed by atoms with van der Waals surface area (Å²) >= 11 is 0. The summed E-state index contributed by atoms with van der Waals surface area (Å²) in [5, 5.41) is 0.788. The number of aromatic nitrogens is 1. The van der Waals surface area contributed by atoms with Crippen LogP contribution in [0.2, 0.25) is 0 Å². The molecule has 0 saturated heterocycles. The first-order valence-corrected chi connectivity index (χ1v) is 5.30. The van der Waals surface area contributed by atoms with Crippen molar-refractivity contribution in [2.75, 3.05) is 0 Å². The zero-order valence-corrected chi connectivity index (χ0v) is 13.9. The number of H-pyrrole nitrogens is 1. The van der Waals surface area contributed by atoms with Crippen molar-refractivity contribution in [2.24, 2.45) is 0 Å². The van der Waals surface area contributed by atoms with Crippen LogP contribution in [0.1, 0.15) is 0 Å². The summed E-state index contributed by atoms with van der Waals surface area (Å²) in [6, 6.07) is 8.57. The van der Waals surface area contributed by atoms with Gasteiger partial charge >= 0.3 is 59.1 Å². The zero-order chi connectivity index (χ0) is 10.2. The van der Waals surface area contributed by atoms with Gasteiger partial charge in [-0.05, 0) is 6.07 Å². The van der Waals surface area contributed by atoms with E-state index in [1.165, 1.54) is 6.07 Å². The molecule has 1 heterocycles. The van der Waals surface area contributed by atoms with Crippen molar-refractivity contribution in [2.45, 2.75) is 0 Å². The second-order valence-corrected chi connectivity index (χ2v) is 3.84. The number of hydrogen-bond donors (Lipinski definition) is 1. The van der Waals surface area contributed by atoms with Gasteiger partial charge in [0.1, 0.15) is 7.82 Å². The molecule has 5 nitrogen and oxygen atoms in total. The molecular formula is C8H6NNa2O4P. The van der Waals surface area contributed by atoms with Crippen LogP contribution in [-0.2, 0) is 4.57 Å². The molecule has 0 atom stereocenters. The number of para-hydroxylation sites is 1. The summed E-state index contributed by atoms with van der Waals surface area (Å²) in [6.07, 6.45) is 0. The fourth-order valence-electron chi connectivity index (χ4n) is 1.22. The second kappa shape index (κ2) is 6.59. The van der Waals surface area contributed by atoms with E-state index in [0.717, 1.165) is 10.9 Å². The molecule has 8 heteroatoms. The smallest absolute Gasteiger partial charge is 0.780 e. The molecule has 0 unspecified atom stereocenters. The van der Waals surface area contributed by atoms with Crippen LogP contribution in [0.15, 0.2) is 30.3 Å². The van der Waals surface area contributed by atoms with E-state index in [1.54, 1.807) is 24.3 Å². The van der Waals surface area contributed by atoms with Crippen molar-refractivity contribution < 1.29 is 78.0 Å². The van der Waals surface area contributed by atoms with Gasteiger partial charge in [-0.3, -0.25) is 0 Å². The van der Waals surface area contributed by atoms with Crippen molar-refractivity contribution in [1.29, 1.82) is 0 Å². The third-order valence-electron chi connectivity index (χ3n) is 1.72. The Morgan fingerprint density at radius 1 is 1.19 bits per heavy atom. The van der Waals surface area contributed by atoms with Crippen LogP contribution in [0, 0.1) is 0 Å². The molecule has 0 bridgehead atoms. The van der Waals surface area contributed by atoms with Gasteiger partial charge < -0.3 is 23.9 Å². The first-order valence-electron chi connectivity index (χ1n) is 3.84. The monoisotopic (exact) mass is 257 g/mol. The van der Waals surface area contributed by atoms with Gasteiger partial charge in [-0.15, -0.1) is 0 Å². The van der Waals surface area contributed by atoms with Crippen LogP contribution in [0.4, 0.5) is 0 Å². The summed E-state index contributed by atoms with van der Waals surface area (Å²) in [7, 11) is -4.97. The van der Waals surface area contributed by atoms with Gasteiger partial charge in [0.05, 0.1) is 0 Å². The van der Waals surface area contributed by atoms with E-state index < -0.39 is 7.82 Å². The van der Waals surface area contributed by atoms with E-state index in [0.29, 0.717) is 0 Å². The summed E-state index contributed by atoms with van der Waals surface area (Å²) in [6.45, 7) is 0. The summed E-state index contributed by atoms with van der Waals surface area (Å²) < 4.78 is 14.5. The molecule has 2 aromatic rings. The Hall–Kier alpha value is 0.710. The standard InChI is InChI=1S/C8H8NO4P.2Na/c10-14(11,12)13-8-5-6-3-1-2-4-7(6)9-8;;/h1-5,9H,(H2,10,11,12);;/q;2*+1/p-2. The Bertz CT molecular complexity index is 476. The average molecular weight is 257 g/mol. The SMILES string of the molecule is O=P([O-])([O-])Oc1cc2ccccc2[nH]1.[Na+].[Na+]. The predicted octanol–water partition coefficient (Wildman–Crippen LogP) is -5.62. The van der Waals surface area contributed by atoms with Gasteiger partial charge in [-0.1, -0.05) is 18.2 Å². The van der Waals surface area contributed by atoms with Gasteiger partial charge in [0, 0.05) is 17.0 Å². The van der Waals surface area contributed by atoms with Gasteiger partial charge in [0.25, 0.3) is 0 Å². The van der Waals surface area contributed by atoms with E-state index in [4.69, 9.17) is 0 Å².